The molecule has 2 rings (SSSR count). The first-order valence-electron chi connectivity index (χ1n) is 8.20. The van der Waals surface area contributed by atoms with Crippen LogP contribution in [0.5, 0.6) is 0 Å². The monoisotopic (exact) mass is 393 g/mol. The van der Waals surface area contributed by atoms with Crippen LogP contribution in [0.15, 0.2) is 50.4 Å². The number of thioether (sulfide) groups is 2. The van der Waals surface area contributed by atoms with Crippen molar-refractivity contribution < 1.29 is 13.9 Å². The van der Waals surface area contributed by atoms with Gasteiger partial charge in [-0.25, -0.2) is 9.79 Å². The highest BCUT2D eigenvalue weighted by Crippen LogP contribution is 2.32. The van der Waals surface area contributed by atoms with Crippen LogP contribution in [-0.2, 0) is 11.2 Å². The zero-order valence-electron chi connectivity index (χ0n) is 15.1. The largest absolute Gasteiger partial charge is 0.469 e. The van der Waals surface area contributed by atoms with Crippen molar-refractivity contribution >= 4 is 40.5 Å². The minimum Gasteiger partial charge on any atom is -0.469 e. The van der Waals surface area contributed by atoms with E-state index < -0.39 is 12.1 Å². The fourth-order valence-electron chi connectivity index (χ4n) is 2.36. The van der Waals surface area contributed by atoms with Crippen LogP contribution in [0.2, 0.25) is 0 Å². The van der Waals surface area contributed by atoms with E-state index in [1.807, 2.05) is 24.5 Å². The van der Waals surface area contributed by atoms with Crippen LogP contribution in [0.25, 0.3) is 0 Å². The van der Waals surface area contributed by atoms with Gasteiger partial charge in [0.1, 0.15) is 11.8 Å². The van der Waals surface area contributed by atoms with Gasteiger partial charge in [-0.1, -0.05) is 18.7 Å². The highest BCUT2D eigenvalue weighted by atomic mass is 32.2. The smallest absolute Gasteiger partial charge is 0.412 e. The summed E-state index contributed by atoms with van der Waals surface area (Å²) in [6.07, 6.45) is 8.25. The quantitative estimate of drug-likeness (QED) is 0.557. The van der Waals surface area contributed by atoms with Crippen molar-refractivity contribution in [1.82, 2.24) is 5.32 Å². The molecule has 0 saturated heterocycles. The topological polar surface area (TPSA) is 87.7 Å². The molecule has 1 aliphatic carbocycles. The second kappa shape index (κ2) is 10.3. The number of nitrogens with one attached hydrogen (secondary N) is 2. The molecular weight excluding hydrogens is 370 g/mol. The number of amidine groups is 1. The Balaban J connectivity index is 2.37. The van der Waals surface area contributed by atoms with E-state index in [1.165, 1.54) is 18.9 Å². The van der Waals surface area contributed by atoms with Crippen molar-refractivity contribution in [3.63, 3.8) is 0 Å². The van der Waals surface area contributed by atoms with Crippen LogP contribution in [0.3, 0.4) is 0 Å². The van der Waals surface area contributed by atoms with Crippen molar-refractivity contribution in [3.05, 3.63) is 46.8 Å². The molecule has 1 atom stereocenters. The fraction of sp³-hybridized carbons (Fsp3) is 0.389. The standard InChI is InChI=1S/C18H23N3O3S2/c1-4-10-26-15-8-7-14(19)16(13(15)11-12-6-5-9-24-12)20-17(25-3)21-18(22)23-2/h5-9,16,19H,4,10-11H2,1-3H3,(H,20,21,22). The second-order valence-electron chi connectivity index (χ2n) is 5.44. The molecule has 8 heteroatoms. The molecule has 1 aromatic heterocycles. The molecule has 1 aliphatic rings. The number of furan rings is 1. The maximum Gasteiger partial charge on any atom is 0.412 e. The molecule has 6 nitrogen and oxygen atoms in total. The SMILES string of the molecule is CCCSC1=C(Cc2ccco2)C(N=C(NC(=O)OC)SC)C(=N)C=C1. The highest BCUT2D eigenvalue weighted by molar-refractivity contribution is 8.13. The van der Waals surface area contributed by atoms with Crippen molar-refractivity contribution in [2.24, 2.45) is 4.99 Å². The Morgan fingerprint density at radius 3 is 2.88 bits per heavy atom. The third-order valence-corrected chi connectivity index (χ3v) is 5.51. The maximum absolute atomic E-state index is 11.5. The Morgan fingerprint density at radius 1 is 1.46 bits per heavy atom. The number of nitrogens with zero attached hydrogens (tertiary/aromatic N) is 1. The van der Waals surface area contributed by atoms with Crippen LogP contribution in [-0.4, -0.2) is 42.1 Å². The number of hydrogen-bond acceptors (Lipinski definition) is 7. The van der Waals surface area contributed by atoms with Crippen LogP contribution < -0.4 is 5.32 Å². The third kappa shape index (κ3) is 5.54. The molecule has 140 valence electrons. The summed E-state index contributed by atoms with van der Waals surface area (Å²) in [7, 11) is 1.31. The van der Waals surface area contributed by atoms with E-state index in [0.717, 1.165) is 28.4 Å². The van der Waals surface area contributed by atoms with Crippen LogP contribution in [0.1, 0.15) is 19.1 Å². The van der Waals surface area contributed by atoms with Gasteiger partial charge in [0.2, 0.25) is 0 Å². The molecule has 1 aromatic rings. The first-order chi connectivity index (χ1) is 12.6. The van der Waals surface area contributed by atoms with Crippen LogP contribution >= 0.6 is 23.5 Å². The summed E-state index contributed by atoms with van der Waals surface area (Å²) in [5.41, 5.74) is 1.38. The maximum atomic E-state index is 11.5. The molecule has 0 bridgehead atoms. The van der Waals surface area contributed by atoms with Gasteiger partial charge in [-0.2, -0.15) is 0 Å². The minimum absolute atomic E-state index is 0.380. The van der Waals surface area contributed by atoms with Crippen molar-refractivity contribution in [1.29, 1.82) is 5.41 Å². The van der Waals surface area contributed by atoms with E-state index in [1.54, 1.807) is 24.1 Å². The summed E-state index contributed by atoms with van der Waals surface area (Å²) in [4.78, 5) is 17.2. The molecule has 26 heavy (non-hydrogen) atoms. The first-order valence-corrected chi connectivity index (χ1v) is 10.4. The Labute approximate surface area is 162 Å². The highest BCUT2D eigenvalue weighted by Gasteiger charge is 2.26. The zero-order valence-corrected chi connectivity index (χ0v) is 16.7. The lowest BCUT2D eigenvalue weighted by atomic mass is 9.94. The number of amides is 1. The molecule has 2 N–H and O–H groups in total. The predicted octanol–water partition coefficient (Wildman–Crippen LogP) is 4.25. The summed E-state index contributed by atoms with van der Waals surface area (Å²) in [6, 6.07) is 3.30. The van der Waals surface area contributed by atoms with E-state index in [-0.39, 0.29) is 0 Å². The molecule has 1 amide bonds. The van der Waals surface area contributed by atoms with E-state index in [2.05, 4.69) is 22.0 Å². The van der Waals surface area contributed by atoms with Gasteiger partial charge in [0.05, 0.1) is 19.1 Å². The molecule has 0 saturated carbocycles. The summed E-state index contributed by atoms with van der Waals surface area (Å²) in [5.74, 6) is 1.81. The van der Waals surface area contributed by atoms with Gasteiger partial charge < -0.3 is 14.6 Å². The van der Waals surface area contributed by atoms with Gasteiger partial charge in [-0.3, -0.25) is 5.32 Å². The number of rotatable bonds is 6. The van der Waals surface area contributed by atoms with Gasteiger partial charge >= 0.3 is 6.09 Å². The van der Waals surface area contributed by atoms with Gasteiger partial charge in [0.15, 0.2) is 5.17 Å². The Morgan fingerprint density at radius 2 is 2.27 bits per heavy atom. The fourth-order valence-corrected chi connectivity index (χ4v) is 3.72. The van der Waals surface area contributed by atoms with E-state index in [9.17, 15) is 4.79 Å². The third-order valence-electron chi connectivity index (χ3n) is 3.60. The molecule has 1 unspecified atom stereocenters. The number of carbonyl (C=O) groups excluding carboxylic acids is 1. The lowest BCUT2D eigenvalue weighted by Gasteiger charge is -2.23. The number of methoxy groups -OCH3 is 1. The Hall–Kier alpha value is -1.93. The van der Waals surface area contributed by atoms with Crippen molar-refractivity contribution in [2.45, 2.75) is 25.8 Å². The minimum atomic E-state index is -0.576. The summed E-state index contributed by atoms with van der Waals surface area (Å²) in [5, 5.41) is 11.4. The Bertz CT molecular complexity index is 724. The predicted molar refractivity (Wildman–Crippen MR) is 109 cm³/mol. The molecule has 0 radical (unpaired) electrons. The van der Waals surface area contributed by atoms with Crippen molar-refractivity contribution in [3.8, 4) is 0 Å². The van der Waals surface area contributed by atoms with E-state index in [0.29, 0.717) is 17.3 Å². The molecule has 0 aromatic carbocycles. The molecular formula is C18H23N3O3S2. The summed E-state index contributed by atoms with van der Waals surface area (Å²) < 4.78 is 10.1. The average molecular weight is 394 g/mol. The van der Waals surface area contributed by atoms with Crippen LogP contribution in [0, 0.1) is 5.41 Å². The average Bonchev–Trinajstić information content (AvgIpc) is 3.16. The van der Waals surface area contributed by atoms with Crippen LogP contribution in [0.4, 0.5) is 4.79 Å². The lowest BCUT2D eigenvalue weighted by Crippen LogP contribution is -2.32. The lowest BCUT2D eigenvalue weighted by molar-refractivity contribution is 0.177. The first kappa shape index (κ1) is 20.4. The normalized spacial score (nSPS) is 17.6. The van der Waals surface area contributed by atoms with E-state index in [4.69, 9.17) is 9.83 Å². The number of ether oxygens (including phenoxy) is 1. The van der Waals surface area contributed by atoms with Gasteiger partial charge in [-0.15, -0.1) is 11.8 Å². The Kier molecular flexibility index (Phi) is 8.06. The number of carbonyl (C=O) groups is 1. The molecule has 0 aliphatic heterocycles. The molecule has 0 spiro atoms. The van der Waals surface area contributed by atoms with Gasteiger partial charge in [0.25, 0.3) is 0 Å². The number of aliphatic imine (C=N–C) groups is 1. The number of allylic oxidation sites excluding steroid dienone is 1. The molecule has 1 heterocycles. The summed E-state index contributed by atoms with van der Waals surface area (Å²) >= 11 is 3.06. The molecule has 0 fully saturated rings. The van der Waals surface area contributed by atoms with Gasteiger partial charge in [-0.05, 0) is 48.3 Å². The van der Waals surface area contributed by atoms with Crippen molar-refractivity contribution in [2.75, 3.05) is 19.1 Å². The van der Waals surface area contributed by atoms with Gasteiger partial charge in [0, 0.05) is 11.3 Å². The van der Waals surface area contributed by atoms with E-state index >= 15 is 0 Å². The zero-order chi connectivity index (χ0) is 18.9. The number of hydrogen-bond donors (Lipinski definition) is 2. The second-order valence-corrected chi connectivity index (χ2v) is 7.37. The summed E-state index contributed by atoms with van der Waals surface area (Å²) in [6.45, 7) is 2.14. The number of alkyl carbamates (subject to hydrolysis) is 1.